The van der Waals surface area contributed by atoms with Crippen LogP contribution in [-0.2, 0) is 19.1 Å². The van der Waals surface area contributed by atoms with E-state index in [1.807, 2.05) is 24.3 Å². The minimum absolute atomic E-state index is 0.104. The van der Waals surface area contributed by atoms with Gasteiger partial charge >= 0.3 is 5.97 Å². The number of nitrogens with one attached hydrogen (secondary N) is 2. The number of nitriles is 1. The Kier molecular flexibility index (Phi) is 8.67. The lowest BCUT2D eigenvalue weighted by atomic mass is 9.78. The number of hydrogen-bond acceptors (Lipinski definition) is 7. The predicted molar refractivity (Wildman–Crippen MR) is 137 cm³/mol. The molecule has 3 rings (SSSR count). The summed E-state index contributed by atoms with van der Waals surface area (Å²) in [6.07, 6.45) is 0. The molecule has 8 nitrogen and oxygen atoms in total. The zero-order valence-electron chi connectivity index (χ0n) is 20.5. The van der Waals surface area contributed by atoms with Gasteiger partial charge in [-0.15, -0.1) is 0 Å². The van der Waals surface area contributed by atoms with Gasteiger partial charge in [-0.1, -0.05) is 62.0 Å². The number of benzene rings is 2. The molecule has 9 heteroatoms. The fraction of sp³-hybridized carbons (Fsp3) is 0.296. The summed E-state index contributed by atoms with van der Waals surface area (Å²) >= 11 is 0.994. The number of esters is 1. The number of hydrogen-bond donors (Lipinski definition) is 2. The molecule has 2 atom stereocenters. The molecule has 0 fully saturated rings. The van der Waals surface area contributed by atoms with Crippen LogP contribution in [0.3, 0.4) is 0 Å². The number of thioether (sulfide) groups is 1. The van der Waals surface area contributed by atoms with E-state index in [0.717, 1.165) is 17.3 Å². The van der Waals surface area contributed by atoms with Crippen molar-refractivity contribution in [2.45, 2.75) is 32.6 Å². The highest BCUT2D eigenvalue weighted by Crippen LogP contribution is 2.40. The maximum absolute atomic E-state index is 13.0. The molecule has 2 amide bonds. The largest absolute Gasteiger partial charge is 0.468 e. The summed E-state index contributed by atoms with van der Waals surface area (Å²) in [6, 6.07) is 16.1. The third kappa shape index (κ3) is 6.01. The first-order valence-electron chi connectivity index (χ1n) is 11.3. The van der Waals surface area contributed by atoms with Crippen molar-refractivity contribution in [1.82, 2.24) is 5.32 Å². The monoisotopic (exact) mass is 505 g/mol. The number of carbonyl (C=O) groups is 4. The van der Waals surface area contributed by atoms with E-state index in [4.69, 9.17) is 4.74 Å². The molecule has 0 saturated carbocycles. The molecular formula is C27H27N3O5S. The van der Waals surface area contributed by atoms with Gasteiger partial charge in [0.2, 0.25) is 11.8 Å². The molecule has 1 heterocycles. The molecule has 0 aromatic heterocycles. The molecule has 2 aromatic rings. The van der Waals surface area contributed by atoms with E-state index in [9.17, 15) is 24.4 Å². The first-order chi connectivity index (χ1) is 17.2. The Labute approximate surface area is 214 Å². The van der Waals surface area contributed by atoms with Gasteiger partial charge < -0.3 is 15.4 Å². The molecule has 0 saturated heterocycles. The van der Waals surface area contributed by atoms with E-state index in [2.05, 4.69) is 30.6 Å². The summed E-state index contributed by atoms with van der Waals surface area (Å²) in [7, 11) is 1.19. The zero-order valence-corrected chi connectivity index (χ0v) is 21.3. The fourth-order valence-electron chi connectivity index (χ4n) is 3.92. The number of rotatable bonds is 8. The Morgan fingerprint density at radius 2 is 1.86 bits per heavy atom. The second-order valence-corrected chi connectivity index (χ2v) is 9.60. The Morgan fingerprint density at radius 3 is 2.44 bits per heavy atom. The summed E-state index contributed by atoms with van der Waals surface area (Å²) in [5.74, 6) is -3.75. The van der Waals surface area contributed by atoms with Crippen LogP contribution in [0.2, 0.25) is 0 Å². The standard InChI is InChI=1S/C27H27N3O5S/c1-15(2)17-8-10-18(11-9-17)23-21(13-28)26(30-25(33)24(23)27(34)35-4)36-14-22(32)29-20-7-5-6-19(12-20)16(3)31/h5-12,15,23-24H,14H2,1-4H3,(H,29,32)(H,30,33)/t23-,24+/m1/s1. The van der Waals surface area contributed by atoms with Crippen LogP contribution in [0.15, 0.2) is 59.1 Å². The van der Waals surface area contributed by atoms with Crippen molar-refractivity contribution >= 4 is 41.0 Å². The van der Waals surface area contributed by atoms with Crippen LogP contribution in [0, 0.1) is 17.2 Å². The minimum Gasteiger partial charge on any atom is -0.468 e. The molecule has 0 spiro atoms. The van der Waals surface area contributed by atoms with Crippen LogP contribution >= 0.6 is 11.8 Å². The molecular weight excluding hydrogens is 478 g/mol. The number of methoxy groups -OCH3 is 1. The number of anilines is 1. The highest BCUT2D eigenvalue weighted by atomic mass is 32.2. The molecule has 1 aliphatic rings. The van der Waals surface area contributed by atoms with Gasteiger partial charge in [0.25, 0.3) is 0 Å². The second kappa shape index (κ2) is 11.7. The Balaban J connectivity index is 1.88. The van der Waals surface area contributed by atoms with Gasteiger partial charge in [0.05, 0.1) is 29.5 Å². The predicted octanol–water partition coefficient (Wildman–Crippen LogP) is 4.12. The number of ether oxygens (including phenoxy) is 1. The summed E-state index contributed by atoms with van der Waals surface area (Å²) in [5.41, 5.74) is 2.82. The molecule has 1 aliphatic heterocycles. The molecule has 0 aliphatic carbocycles. The van der Waals surface area contributed by atoms with Crippen molar-refractivity contribution in [3.05, 3.63) is 75.8 Å². The van der Waals surface area contributed by atoms with E-state index in [-0.39, 0.29) is 34.0 Å². The molecule has 0 unspecified atom stereocenters. The minimum atomic E-state index is -1.23. The third-order valence-electron chi connectivity index (χ3n) is 5.85. The second-order valence-electron chi connectivity index (χ2n) is 8.62. The summed E-state index contributed by atoms with van der Waals surface area (Å²) in [4.78, 5) is 49.7. The summed E-state index contributed by atoms with van der Waals surface area (Å²) in [6.45, 7) is 5.54. The maximum Gasteiger partial charge on any atom is 0.319 e. The van der Waals surface area contributed by atoms with Gasteiger partial charge in [0.1, 0.15) is 5.92 Å². The Bertz CT molecular complexity index is 1260. The Hall–Kier alpha value is -3.90. The number of ketones is 1. The van der Waals surface area contributed by atoms with Crippen LogP contribution in [0.25, 0.3) is 0 Å². The molecule has 36 heavy (non-hydrogen) atoms. The van der Waals surface area contributed by atoms with Gasteiger partial charge in [-0.2, -0.15) is 5.26 Å². The molecule has 0 radical (unpaired) electrons. The van der Waals surface area contributed by atoms with E-state index in [0.29, 0.717) is 16.8 Å². The molecule has 186 valence electrons. The number of Topliss-reactive ketones (excluding diaryl/α,β-unsaturated/α-hetero) is 1. The van der Waals surface area contributed by atoms with E-state index >= 15 is 0 Å². The average Bonchev–Trinajstić information content (AvgIpc) is 2.86. The molecule has 0 bridgehead atoms. The van der Waals surface area contributed by atoms with Crippen molar-refractivity contribution in [3.8, 4) is 6.07 Å². The number of carbonyl (C=O) groups excluding carboxylic acids is 4. The first-order valence-corrected chi connectivity index (χ1v) is 12.3. The molecule has 2 aromatic carbocycles. The number of allylic oxidation sites excluding steroid dienone is 1. The smallest absolute Gasteiger partial charge is 0.319 e. The number of amides is 2. The number of nitrogens with zero attached hydrogens (tertiary/aromatic N) is 1. The summed E-state index contributed by atoms with van der Waals surface area (Å²) in [5, 5.41) is 15.6. The van der Waals surface area contributed by atoms with E-state index < -0.39 is 23.7 Å². The first kappa shape index (κ1) is 26.7. The lowest BCUT2D eigenvalue weighted by Gasteiger charge is -2.31. The lowest BCUT2D eigenvalue weighted by Crippen LogP contribution is -2.44. The topological polar surface area (TPSA) is 125 Å². The highest BCUT2D eigenvalue weighted by molar-refractivity contribution is 8.03. The normalized spacial score (nSPS) is 17.3. The highest BCUT2D eigenvalue weighted by Gasteiger charge is 2.44. The summed E-state index contributed by atoms with van der Waals surface area (Å²) < 4.78 is 4.87. The van der Waals surface area contributed by atoms with Gasteiger partial charge in [-0.3, -0.25) is 19.2 Å². The van der Waals surface area contributed by atoms with Crippen molar-refractivity contribution < 1.29 is 23.9 Å². The van der Waals surface area contributed by atoms with E-state index in [1.54, 1.807) is 24.3 Å². The van der Waals surface area contributed by atoms with Gasteiger partial charge in [-0.05, 0) is 36.1 Å². The van der Waals surface area contributed by atoms with Crippen molar-refractivity contribution in [1.29, 1.82) is 5.26 Å². The lowest BCUT2D eigenvalue weighted by molar-refractivity contribution is -0.150. The Morgan fingerprint density at radius 1 is 1.17 bits per heavy atom. The van der Waals surface area contributed by atoms with E-state index in [1.165, 1.54) is 14.0 Å². The van der Waals surface area contributed by atoms with Crippen LogP contribution in [0.4, 0.5) is 5.69 Å². The quantitative estimate of drug-likeness (QED) is 0.314. The third-order valence-corrected chi connectivity index (χ3v) is 6.86. The maximum atomic E-state index is 13.0. The van der Waals surface area contributed by atoms with Crippen LogP contribution < -0.4 is 10.6 Å². The van der Waals surface area contributed by atoms with Crippen molar-refractivity contribution in [3.63, 3.8) is 0 Å². The SMILES string of the molecule is COC(=O)[C@@H]1C(=O)NC(SCC(=O)Nc2cccc(C(C)=O)c2)=C(C#N)[C@H]1c1ccc(C(C)C)cc1. The van der Waals surface area contributed by atoms with Gasteiger partial charge in [-0.25, -0.2) is 0 Å². The average molecular weight is 506 g/mol. The van der Waals surface area contributed by atoms with Crippen molar-refractivity contribution in [2.75, 3.05) is 18.2 Å². The van der Waals surface area contributed by atoms with Crippen LogP contribution in [0.5, 0.6) is 0 Å². The molecule has 2 N–H and O–H groups in total. The van der Waals surface area contributed by atoms with Gasteiger partial charge in [0, 0.05) is 17.2 Å². The van der Waals surface area contributed by atoms with Crippen LogP contribution in [0.1, 0.15) is 54.1 Å². The van der Waals surface area contributed by atoms with Crippen molar-refractivity contribution in [2.24, 2.45) is 5.92 Å². The van der Waals surface area contributed by atoms with Crippen LogP contribution in [-0.4, -0.2) is 36.4 Å². The van der Waals surface area contributed by atoms with Gasteiger partial charge in [0.15, 0.2) is 5.78 Å². The fourth-order valence-corrected chi connectivity index (χ4v) is 4.77. The zero-order chi connectivity index (χ0) is 26.4.